The van der Waals surface area contributed by atoms with Crippen molar-refractivity contribution < 1.29 is 4.79 Å². The molecule has 100 valence electrons. The second-order valence-corrected chi connectivity index (χ2v) is 6.42. The predicted octanol–water partition coefficient (Wildman–Crippen LogP) is 3.23. The summed E-state index contributed by atoms with van der Waals surface area (Å²) >= 11 is 0. The monoisotopic (exact) mass is 247 g/mol. The minimum Gasteiger partial charge on any atom is -0.317 e. The highest BCUT2D eigenvalue weighted by Gasteiger charge is 2.57. The first-order chi connectivity index (χ1) is 8.82. The van der Waals surface area contributed by atoms with Crippen LogP contribution >= 0.6 is 0 Å². The molecule has 3 rings (SSSR count). The first-order valence-electron chi connectivity index (χ1n) is 7.76. The van der Waals surface area contributed by atoms with Crippen molar-refractivity contribution in [3.05, 3.63) is 11.6 Å². The Morgan fingerprint density at radius 3 is 2.78 bits per heavy atom. The van der Waals surface area contributed by atoms with Crippen molar-refractivity contribution in [2.45, 2.75) is 57.8 Å². The third kappa shape index (κ3) is 2.40. The van der Waals surface area contributed by atoms with Crippen molar-refractivity contribution in [1.29, 1.82) is 0 Å². The first-order valence-corrected chi connectivity index (χ1v) is 7.76. The molecular formula is C16H25NO. The number of rotatable bonds is 2. The summed E-state index contributed by atoms with van der Waals surface area (Å²) in [6.45, 7) is 2.23. The van der Waals surface area contributed by atoms with Gasteiger partial charge in [0.2, 0.25) is 0 Å². The topological polar surface area (TPSA) is 29.1 Å². The number of Topliss-reactive ketones (excluding diaryl/α,β-unsaturated/α-hetero) is 1. The molecule has 1 N–H and O–H groups in total. The van der Waals surface area contributed by atoms with Gasteiger partial charge in [0.05, 0.1) is 0 Å². The van der Waals surface area contributed by atoms with Gasteiger partial charge in [-0.3, -0.25) is 4.79 Å². The van der Waals surface area contributed by atoms with E-state index in [0.717, 1.165) is 25.9 Å². The van der Waals surface area contributed by atoms with Gasteiger partial charge in [0.1, 0.15) is 0 Å². The molecule has 2 heteroatoms. The summed E-state index contributed by atoms with van der Waals surface area (Å²) < 4.78 is 0. The molecule has 18 heavy (non-hydrogen) atoms. The second kappa shape index (κ2) is 5.16. The van der Waals surface area contributed by atoms with Crippen molar-refractivity contribution >= 4 is 5.78 Å². The molecular weight excluding hydrogens is 222 g/mol. The number of piperidine rings is 1. The molecule has 0 aromatic rings. The van der Waals surface area contributed by atoms with Gasteiger partial charge in [0.15, 0.2) is 5.78 Å². The van der Waals surface area contributed by atoms with Crippen LogP contribution in [0, 0.1) is 11.3 Å². The maximum Gasteiger partial charge on any atom is 0.162 e. The zero-order valence-corrected chi connectivity index (χ0v) is 11.3. The Kier molecular flexibility index (Phi) is 3.56. The summed E-state index contributed by atoms with van der Waals surface area (Å²) in [6.07, 6.45) is 13.2. The Labute approximate surface area is 110 Å². The molecule has 1 aliphatic heterocycles. The average molecular weight is 247 g/mol. The summed E-state index contributed by atoms with van der Waals surface area (Å²) in [5.41, 5.74) is 1.58. The van der Waals surface area contributed by atoms with E-state index >= 15 is 0 Å². The van der Waals surface area contributed by atoms with E-state index in [1.807, 2.05) is 0 Å². The van der Waals surface area contributed by atoms with E-state index in [4.69, 9.17) is 0 Å². The van der Waals surface area contributed by atoms with Crippen LogP contribution < -0.4 is 5.32 Å². The van der Waals surface area contributed by atoms with Crippen LogP contribution in [0.15, 0.2) is 11.6 Å². The summed E-state index contributed by atoms with van der Waals surface area (Å²) in [4.78, 5) is 12.6. The minimum absolute atomic E-state index is 0.380. The lowest BCUT2D eigenvalue weighted by Gasteiger charge is -2.23. The molecule has 2 aliphatic carbocycles. The van der Waals surface area contributed by atoms with E-state index in [-0.39, 0.29) is 0 Å². The standard InChI is InChI=1S/C16H25NO/c18-15(13-6-4-2-1-3-5-7-13)14-12-16(14)8-10-17-11-9-16/h6,14,17H,1-5,7-12H2. The third-order valence-corrected chi connectivity index (χ3v) is 5.21. The predicted molar refractivity (Wildman–Crippen MR) is 73.4 cm³/mol. The van der Waals surface area contributed by atoms with Gasteiger partial charge in [-0.2, -0.15) is 0 Å². The molecule has 0 amide bonds. The molecule has 1 atom stereocenters. The van der Waals surface area contributed by atoms with Crippen LogP contribution in [0.4, 0.5) is 0 Å². The molecule has 1 saturated carbocycles. The van der Waals surface area contributed by atoms with Crippen LogP contribution in [0.2, 0.25) is 0 Å². The van der Waals surface area contributed by atoms with E-state index in [9.17, 15) is 4.79 Å². The smallest absolute Gasteiger partial charge is 0.162 e. The lowest BCUT2D eigenvalue weighted by Crippen LogP contribution is -2.31. The molecule has 1 heterocycles. The molecule has 0 radical (unpaired) electrons. The fourth-order valence-corrected chi connectivity index (χ4v) is 3.83. The molecule has 0 aromatic carbocycles. The molecule has 2 nitrogen and oxygen atoms in total. The van der Waals surface area contributed by atoms with Crippen LogP contribution in [-0.4, -0.2) is 18.9 Å². The van der Waals surface area contributed by atoms with Crippen LogP contribution in [-0.2, 0) is 4.79 Å². The van der Waals surface area contributed by atoms with Gasteiger partial charge in [-0.05, 0) is 69.0 Å². The third-order valence-electron chi connectivity index (χ3n) is 5.21. The zero-order valence-electron chi connectivity index (χ0n) is 11.3. The van der Waals surface area contributed by atoms with Gasteiger partial charge in [0.25, 0.3) is 0 Å². The lowest BCUT2D eigenvalue weighted by atomic mass is 9.87. The van der Waals surface area contributed by atoms with Gasteiger partial charge in [-0.15, -0.1) is 0 Å². The highest BCUT2D eigenvalue weighted by molar-refractivity contribution is 5.99. The summed E-state index contributed by atoms with van der Waals surface area (Å²) in [5, 5.41) is 3.41. The Balaban J connectivity index is 1.64. The van der Waals surface area contributed by atoms with Gasteiger partial charge in [-0.25, -0.2) is 0 Å². The largest absolute Gasteiger partial charge is 0.317 e. The molecule has 2 fully saturated rings. The number of hydrogen-bond donors (Lipinski definition) is 1. The van der Waals surface area contributed by atoms with Crippen LogP contribution in [0.5, 0.6) is 0 Å². The normalized spacial score (nSPS) is 31.3. The van der Waals surface area contributed by atoms with Gasteiger partial charge < -0.3 is 5.32 Å². The fraction of sp³-hybridized carbons (Fsp3) is 0.812. The molecule has 0 aromatic heterocycles. The van der Waals surface area contributed by atoms with E-state index in [0.29, 0.717) is 17.1 Å². The Hall–Kier alpha value is -0.630. The summed E-state index contributed by atoms with van der Waals surface area (Å²) in [6, 6.07) is 0. The van der Waals surface area contributed by atoms with E-state index in [1.54, 1.807) is 0 Å². The average Bonchev–Trinajstić information content (AvgIpc) is 3.03. The van der Waals surface area contributed by atoms with Gasteiger partial charge in [0, 0.05) is 5.92 Å². The molecule has 0 bridgehead atoms. The Bertz CT molecular complexity index is 352. The van der Waals surface area contributed by atoms with Crippen molar-refractivity contribution in [3.8, 4) is 0 Å². The maximum atomic E-state index is 12.6. The minimum atomic E-state index is 0.380. The zero-order chi connectivity index (χ0) is 12.4. The number of hydrogen-bond acceptors (Lipinski definition) is 2. The van der Waals surface area contributed by atoms with E-state index < -0.39 is 0 Å². The Morgan fingerprint density at radius 2 is 1.94 bits per heavy atom. The number of carbonyl (C=O) groups is 1. The first kappa shape index (κ1) is 12.4. The van der Waals surface area contributed by atoms with E-state index in [2.05, 4.69) is 11.4 Å². The van der Waals surface area contributed by atoms with Gasteiger partial charge in [-0.1, -0.05) is 18.9 Å². The van der Waals surface area contributed by atoms with Crippen LogP contribution in [0.1, 0.15) is 57.8 Å². The summed E-state index contributed by atoms with van der Waals surface area (Å²) in [7, 11) is 0. The fourth-order valence-electron chi connectivity index (χ4n) is 3.83. The van der Waals surface area contributed by atoms with Gasteiger partial charge >= 0.3 is 0 Å². The van der Waals surface area contributed by atoms with E-state index in [1.165, 1.54) is 50.5 Å². The molecule has 1 unspecified atom stereocenters. The molecule has 1 spiro atoms. The SMILES string of the molecule is O=C(C1=CCCCCCC1)C1CC12CCNCC2. The second-order valence-electron chi connectivity index (χ2n) is 6.42. The number of ketones is 1. The maximum absolute atomic E-state index is 12.6. The van der Waals surface area contributed by atoms with Crippen molar-refractivity contribution in [3.63, 3.8) is 0 Å². The Morgan fingerprint density at radius 1 is 1.17 bits per heavy atom. The lowest BCUT2D eigenvalue weighted by molar-refractivity contribution is -0.117. The van der Waals surface area contributed by atoms with Crippen molar-refractivity contribution in [1.82, 2.24) is 5.32 Å². The molecule has 3 aliphatic rings. The van der Waals surface area contributed by atoms with Crippen molar-refractivity contribution in [2.24, 2.45) is 11.3 Å². The highest BCUT2D eigenvalue weighted by Crippen LogP contribution is 2.59. The molecule has 1 saturated heterocycles. The van der Waals surface area contributed by atoms with Crippen LogP contribution in [0.25, 0.3) is 0 Å². The van der Waals surface area contributed by atoms with Crippen LogP contribution in [0.3, 0.4) is 0 Å². The quantitative estimate of drug-likeness (QED) is 0.811. The number of nitrogens with one attached hydrogen (secondary N) is 1. The number of carbonyl (C=O) groups excluding carboxylic acids is 1. The van der Waals surface area contributed by atoms with Crippen molar-refractivity contribution in [2.75, 3.05) is 13.1 Å². The number of allylic oxidation sites excluding steroid dienone is 2. The highest BCUT2D eigenvalue weighted by atomic mass is 16.1. The summed E-state index contributed by atoms with van der Waals surface area (Å²) in [5.74, 6) is 0.893.